The second kappa shape index (κ2) is 14.5. The standard InChI is InChI=1S/C38H42N2O6/c1-25(42)39-21-31-6-4-5-7-34(31)27-12-14-29(15-13-27)38-45-33(20-35(46-38)28-10-8-26(24-41)9-11-28)23-40-17-16-30-18-36(43-2)37(44-3)19-32(30)22-40/h4-15,18-19,33,35,38,41H,16-17,20-24H2,1-3H3,(H,39,42)/t33-,35+,38+/m1/s1. The van der Waals surface area contributed by atoms with Crippen molar-refractivity contribution in [1.29, 1.82) is 0 Å². The number of nitrogens with one attached hydrogen (secondary N) is 1. The van der Waals surface area contributed by atoms with Crippen LogP contribution in [-0.2, 0) is 40.4 Å². The molecular weight excluding hydrogens is 580 g/mol. The number of amides is 1. The maximum Gasteiger partial charge on any atom is 0.217 e. The summed E-state index contributed by atoms with van der Waals surface area (Å²) in [6, 6.07) is 28.6. The minimum atomic E-state index is -0.536. The number of hydrogen-bond donors (Lipinski definition) is 2. The first-order valence-electron chi connectivity index (χ1n) is 15.8. The van der Waals surface area contributed by atoms with Crippen molar-refractivity contribution in [2.75, 3.05) is 27.3 Å². The number of methoxy groups -OCH3 is 2. The largest absolute Gasteiger partial charge is 0.493 e. The third kappa shape index (κ3) is 7.26. The van der Waals surface area contributed by atoms with Gasteiger partial charge >= 0.3 is 0 Å². The number of hydrogen-bond acceptors (Lipinski definition) is 7. The predicted octanol–water partition coefficient (Wildman–Crippen LogP) is 6.10. The second-order valence-corrected chi connectivity index (χ2v) is 12.0. The maximum absolute atomic E-state index is 11.5. The normalized spacial score (nSPS) is 19.7. The van der Waals surface area contributed by atoms with Crippen LogP contribution in [0.15, 0.2) is 84.9 Å². The summed E-state index contributed by atoms with van der Waals surface area (Å²) in [5.41, 5.74) is 8.63. The van der Waals surface area contributed by atoms with Crippen molar-refractivity contribution in [2.24, 2.45) is 0 Å². The highest BCUT2D eigenvalue weighted by molar-refractivity contribution is 5.74. The first-order chi connectivity index (χ1) is 22.4. The zero-order valence-electron chi connectivity index (χ0n) is 26.7. The van der Waals surface area contributed by atoms with Crippen molar-refractivity contribution in [2.45, 2.75) is 58.0 Å². The van der Waals surface area contributed by atoms with Gasteiger partial charge in [0.05, 0.1) is 33.0 Å². The monoisotopic (exact) mass is 622 g/mol. The van der Waals surface area contributed by atoms with Crippen LogP contribution in [0.1, 0.15) is 59.1 Å². The van der Waals surface area contributed by atoms with E-state index in [4.69, 9.17) is 18.9 Å². The Labute approximate surface area is 270 Å². The molecule has 0 aromatic heterocycles. The Morgan fingerprint density at radius 1 is 0.913 bits per heavy atom. The molecule has 1 amide bonds. The van der Waals surface area contributed by atoms with E-state index in [-0.39, 0.29) is 24.7 Å². The summed E-state index contributed by atoms with van der Waals surface area (Å²) in [7, 11) is 3.35. The molecule has 46 heavy (non-hydrogen) atoms. The van der Waals surface area contributed by atoms with Gasteiger partial charge in [-0.25, -0.2) is 0 Å². The van der Waals surface area contributed by atoms with Crippen LogP contribution in [0.5, 0.6) is 11.5 Å². The topological polar surface area (TPSA) is 89.5 Å². The zero-order chi connectivity index (χ0) is 32.0. The number of fused-ring (bicyclic) bond motifs is 1. The summed E-state index contributed by atoms with van der Waals surface area (Å²) in [5.74, 6) is 1.46. The van der Waals surface area contributed by atoms with Crippen LogP contribution in [0.4, 0.5) is 0 Å². The van der Waals surface area contributed by atoms with E-state index in [1.165, 1.54) is 18.1 Å². The number of rotatable bonds is 10. The van der Waals surface area contributed by atoms with E-state index in [9.17, 15) is 9.90 Å². The highest BCUT2D eigenvalue weighted by Crippen LogP contribution is 2.40. The Kier molecular flexibility index (Phi) is 10.00. The van der Waals surface area contributed by atoms with Crippen LogP contribution >= 0.6 is 0 Å². The number of carbonyl (C=O) groups excluding carboxylic acids is 1. The minimum absolute atomic E-state index is 0.00749. The van der Waals surface area contributed by atoms with Gasteiger partial charge in [-0.1, -0.05) is 72.8 Å². The molecule has 2 heterocycles. The molecule has 2 aliphatic rings. The van der Waals surface area contributed by atoms with Crippen LogP contribution in [-0.4, -0.2) is 49.3 Å². The molecule has 1 saturated heterocycles. The number of aliphatic hydroxyl groups excluding tert-OH is 1. The van der Waals surface area contributed by atoms with Gasteiger partial charge in [-0.3, -0.25) is 9.69 Å². The lowest BCUT2D eigenvalue weighted by Crippen LogP contribution is -2.41. The fourth-order valence-corrected chi connectivity index (χ4v) is 6.41. The van der Waals surface area contributed by atoms with E-state index in [1.807, 2.05) is 42.5 Å². The fraction of sp³-hybridized carbons (Fsp3) is 0.342. The molecule has 2 N–H and O–H groups in total. The van der Waals surface area contributed by atoms with Gasteiger partial charge in [0.1, 0.15) is 0 Å². The van der Waals surface area contributed by atoms with Crippen LogP contribution < -0.4 is 14.8 Å². The molecule has 3 atom stereocenters. The van der Waals surface area contributed by atoms with E-state index >= 15 is 0 Å². The molecule has 6 rings (SSSR count). The number of benzene rings is 4. The Balaban J connectivity index is 1.22. The lowest BCUT2D eigenvalue weighted by Gasteiger charge is -2.39. The van der Waals surface area contributed by atoms with Gasteiger partial charge in [0.25, 0.3) is 0 Å². The molecule has 8 heteroatoms. The number of nitrogens with zero attached hydrogens (tertiary/aromatic N) is 1. The van der Waals surface area contributed by atoms with Crippen molar-refractivity contribution < 1.29 is 28.8 Å². The second-order valence-electron chi connectivity index (χ2n) is 12.0. The lowest BCUT2D eigenvalue weighted by molar-refractivity contribution is -0.253. The molecule has 0 bridgehead atoms. The van der Waals surface area contributed by atoms with Gasteiger partial charge < -0.3 is 29.4 Å². The average molecular weight is 623 g/mol. The van der Waals surface area contributed by atoms with Crippen molar-refractivity contribution >= 4 is 5.91 Å². The Bertz CT molecular complexity index is 1640. The van der Waals surface area contributed by atoms with Crippen LogP contribution in [0.25, 0.3) is 11.1 Å². The van der Waals surface area contributed by atoms with Crippen LogP contribution in [0.3, 0.4) is 0 Å². The van der Waals surface area contributed by atoms with E-state index in [1.54, 1.807) is 14.2 Å². The van der Waals surface area contributed by atoms with Gasteiger partial charge in [-0.2, -0.15) is 0 Å². The van der Waals surface area contributed by atoms with Gasteiger partial charge in [0.15, 0.2) is 17.8 Å². The Morgan fingerprint density at radius 2 is 1.61 bits per heavy atom. The van der Waals surface area contributed by atoms with Crippen LogP contribution in [0.2, 0.25) is 0 Å². The summed E-state index contributed by atoms with van der Waals surface area (Å²) >= 11 is 0. The number of ether oxygens (including phenoxy) is 4. The average Bonchev–Trinajstić information content (AvgIpc) is 3.10. The molecule has 0 spiro atoms. The fourth-order valence-electron chi connectivity index (χ4n) is 6.41. The molecule has 0 unspecified atom stereocenters. The van der Waals surface area contributed by atoms with Gasteiger partial charge in [-0.15, -0.1) is 0 Å². The summed E-state index contributed by atoms with van der Waals surface area (Å²) in [6.45, 7) is 4.52. The van der Waals surface area contributed by atoms with E-state index in [0.717, 1.165) is 77.4 Å². The molecule has 0 radical (unpaired) electrons. The van der Waals surface area contributed by atoms with Crippen molar-refractivity contribution in [3.05, 3.63) is 118 Å². The highest BCUT2D eigenvalue weighted by Gasteiger charge is 2.34. The van der Waals surface area contributed by atoms with Gasteiger partial charge in [-0.05, 0) is 57.5 Å². The number of aliphatic hydroxyl groups is 1. The molecule has 4 aromatic carbocycles. The van der Waals surface area contributed by atoms with Crippen LogP contribution in [0, 0.1) is 0 Å². The SMILES string of the molecule is COc1cc2c(cc1OC)CN(C[C@H]1C[C@@H](c3ccc(CO)cc3)O[C@@H](c3ccc(-c4ccccc4CNC(C)=O)cc3)O1)CC2. The molecule has 2 aliphatic heterocycles. The Morgan fingerprint density at radius 3 is 2.30 bits per heavy atom. The molecule has 8 nitrogen and oxygen atoms in total. The first kappa shape index (κ1) is 31.8. The van der Waals surface area contributed by atoms with Crippen molar-refractivity contribution in [3.63, 3.8) is 0 Å². The first-order valence-corrected chi connectivity index (χ1v) is 15.8. The molecule has 0 aliphatic carbocycles. The smallest absolute Gasteiger partial charge is 0.217 e. The summed E-state index contributed by atoms with van der Waals surface area (Å²) in [4.78, 5) is 14.0. The zero-order valence-corrected chi connectivity index (χ0v) is 26.7. The van der Waals surface area contributed by atoms with Crippen molar-refractivity contribution in [1.82, 2.24) is 10.2 Å². The van der Waals surface area contributed by atoms with Gasteiger partial charge in [0, 0.05) is 45.1 Å². The van der Waals surface area contributed by atoms with Gasteiger partial charge in [0.2, 0.25) is 5.91 Å². The lowest BCUT2D eigenvalue weighted by atomic mass is 9.96. The third-order valence-electron chi connectivity index (χ3n) is 8.91. The molecule has 4 aromatic rings. The molecular formula is C38H42N2O6. The minimum Gasteiger partial charge on any atom is -0.493 e. The number of carbonyl (C=O) groups is 1. The van der Waals surface area contributed by atoms with E-state index in [2.05, 4.69) is 52.7 Å². The molecule has 240 valence electrons. The highest BCUT2D eigenvalue weighted by atomic mass is 16.7. The molecule has 1 fully saturated rings. The van der Waals surface area contributed by atoms with E-state index in [0.29, 0.717) is 6.54 Å². The Hall–Kier alpha value is -4.21. The quantitative estimate of drug-likeness (QED) is 0.221. The third-order valence-corrected chi connectivity index (χ3v) is 8.91. The predicted molar refractivity (Wildman–Crippen MR) is 176 cm³/mol. The summed E-state index contributed by atoms with van der Waals surface area (Å²) < 4.78 is 24.4. The van der Waals surface area contributed by atoms with E-state index < -0.39 is 6.29 Å². The van der Waals surface area contributed by atoms with Crippen molar-refractivity contribution in [3.8, 4) is 22.6 Å². The summed E-state index contributed by atoms with van der Waals surface area (Å²) in [6.07, 6.45) is 0.904. The maximum atomic E-state index is 11.5. The summed E-state index contributed by atoms with van der Waals surface area (Å²) in [5, 5.41) is 12.5. The molecule has 0 saturated carbocycles.